The Labute approximate surface area is 81.0 Å². The minimum absolute atomic E-state index is 0.0692. The van der Waals surface area contributed by atoms with Crippen molar-refractivity contribution in [2.45, 2.75) is 31.9 Å². The molecule has 1 fully saturated rings. The van der Waals surface area contributed by atoms with Crippen LogP contribution in [0.15, 0.2) is 0 Å². The summed E-state index contributed by atoms with van der Waals surface area (Å²) in [5.74, 6) is 0.295. The smallest absolute Gasteiger partial charge is 0.152 e. The van der Waals surface area contributed by atoms with E-state index in [9.17, 15) is 8.42 Å². The largest absolute Gasteiger partial charge is 0.304 e. The molecule has 0 amide bonds. The molecule has 0 bridgehead atoms. The molecule has 0 aromatic rings. The van der Waals surface area contributed by atoms with E-state index >= 15 is 0 Å². The van der Waals surface area contributed by atoms with Crippen molar-refractivity contribution in [3.63, 3.8) is 0 Å². The highest BCUT2D eigenvalue weighted by Gasteiger charge is 2.27. The van der Waals surface area contributed by atoms with E-state index in [1.807, 2.05) is 0 Å². The first kappa shape index (κ1) is 11.0. The van der Waals surface area contributed by atoms with Crippen molar-refractivity contribution < 1.29 is 8.42 Å². The lowest BCUT2D eigenvalue weighted by molar-refractivity contribution is 0.241. The maximum absolute atomic E-state index is 11.5. The van der Waals surface area contributed by atoms with E-state index < -0.39 is 9.84 Å². The third-order valence-electron chi connectivity index (χ3n) is 2.89. The van der Waals surface area contributed by atoms with Gasteiger partial charge in [0.1, 0.15) is 0 Å². The van der Waals surface area contributed by atoms with Gasteiger partial charge in [-0.2, -0.15) is 0 Å². The molecule has 0 aliphatic carbocycles. The van der Waals surface area contributed by atoms with E-state index in [1.54, 1.807) is 6.92 Å². The third-order valence-corrected chi connectivity index (χ3v) is 5.18. The van der Waals surface area contributed by atoms with E-state index in [1.165, 1.54) is 0 Å². The van der Waals surface area contributed by atoms with Crippen LogP contribution in [0, 0.1) is 0 Å². The molecule has 0 aromatic carbocycles. The van der Waals surface area contributed by atoms with Crippen molar-refractivity contribution in [3.8, 4) is 0 Å². The Morgan fingerprint density at radius 2 is 1.77 bits per heavy atom. The van der Waals surface area contributed by atoms with Crippen molar-refractivity contribution in [2.75, 3.05) is 25.4 Å². The number of nitrogens with zero attached hydrogens (tertiary/aromatic N) is 1. The molecule has 0 spiro atoms. The maximum Gasteiger partial charge on any atom is 0.152 e. The first-order valence-electron chi connectivity index (χ1n) is 5.04. The van der Waals surface area contributed by atoms with Gasteiger partial charge in [-0.1, -0.05) is 13.8 Å². The summed E-state index contributed by atoms with van der Waals surface area (Å²) in [5.41, 5.74) is 0. The molecule has 4 heteroatoms. The first-order chi connectivity index (χ1) is 6.10. The molecule has 0 radical (unpaired) electrons. The van der Waals surface area contributed by atoms with Gasteiger partial charge in [0.05, 0.1) is 5.25 Å². The zero-order valence-corrected chi connectivity index (χ0v) is 9.31. The fourth-order valence-corrected chi connectivity index (χ4v) is 3.22. The van der Waals surface area contributed by atoms with Crippen molar-refractivity contribution in [1.29, 1.82) is 0 Å². The van der Waals surface area contributed by atoms with Crippen molar-refractivity contribution in [2.24, 2.45) is 0 Å². The molecule has 3 nitrogen and oxygen atoms in total. The van der Waals surface area contributed by atoms with Gasteiger partial charge in [0.2, 0.25) is 0 Å². The van der Waals surface area contributed by atoms with Gasteiger partial charge in [-0.05, 0) is 32.5 Å². The first-order valence-corrected chi connectivity index (χ1v) is 6.75. The molecule has 1 heterocycles. The maximum atomic E-state index is 11.5. The van der Waals surface area contributed by atoms with E-state index in [-0.39, 0.29) is 5.25 Å². The Morgan fingerprint density at radius 1 is 1.23 bits per heavy atom. The number of rotatable bonds is 3. The van der Waals surface area contributed by atoms with Crippen LogP contribution in [0.25, 0.3) is 0 Å². The molecule has 1 aliphatic rings. The fraction of sp³-hybridized carbons (Fsp3) is 1.00. The summed E-state index contributed by atoms with van der Waals surface area (Å²) in [6, 6.07) is 0. The van der Waals surface area contributed by atoms with Crippen LogP contribution in [0.4, 0.5) is 0 Å². The zero-order valence-electron chi connectivity index (χ0n) is 8.49. The highest BCUT2D eigenvalue weighted by atomic mass is 32.2. The topological polar surface area (TPSA) is 37.4 Å². The van der Waals surface area contributed by atoms with Gasteiger partial charge in [0.25, 0.3) is 0 Å². The summed E-state index contributed by atoms with van der Waals surface area (Å²) in [6.45, 7) is 6.79. The molecule has 13 heavy (non-hydrogen) atoms. The predicted molar refractivity (Wildman–Crippen MR) is 54.6 cm³/mol. The molecule has 0 atom stereocenters. The number of hydrogen-bond donors (Lipinski definition) is 0. The average molecular weight is 205 g/mol. The highest BCUT2D eigenvalue weighted by Crippen LogP contribution is 2.17. The second kappa shape index (κ2) is 4.42. The minimum Gasteiger partial charge on any atom is -0.304 e. The Balaban J connectivity index is 2.50. The number of sulfone groups is 1. The summed E-state index contributed by atoms with van der Waals surface area (Å²) < 4.78 is 23.1. The Kier molecular flexibility index (Phi) is 3.74. The van der Waals surface area contributed by atoms with Crippen molar-refractivity contribution >= 4 is 9.84 Å². The predicted octanol–water partition coefficient (Wildman–Crippen LogP) is 0.905. The average Bonchev–Trinajstić information content (AvgIpc) is 2.18. The van der Waals surface area contributed by atoms with Crippen LogP contribution in [0.3, 0.4) is 0 Å². The summed E-state index contributed by atoms with van der Waals surface area (Å²) in [6.07, 6.45) is 1.65. The van der Waals surface area contributed by atoms with Gasteiger partial charge in [-0.3, -0.25) is 0 Å². The van der Waals surface area contributed by atoms with E-state index in [2.05, 4.69) is 11.8 Å². The van der Waals surface area contributed by atoms with Crippen LogP contribution < -0.4 is 0 Å². The number of hydrogen-bond acceptors (Lipinski definition) is 3. The molecule has 0 saturated carbocycles. The molecule has 1 aliphatic heterocycles. The van der Waals surface area contributed by atoms with Crippen LogP contribution >= 0.6 is 0 Å². The zero-order chi connectivity index (χ0) is 9.90. The van der Waals surface area contributed by atoms with Gasteiger partial charge >= 0.3 is 0 Å². The van der Waals surface area contributed by atoms with Gasteiger partial charge in [0, 0.05) is 5.75 Å². The summed E-state index contributed by atoms with van der Waals surface area (Å²) in [5, 5.41) is -0.0692. The summed E-state index contributed by atoms with van der Waals surface area (Å²) in [4.78, 5) is 2.31. The van der Waals surface area contributed by atoms with Gasteiger partial charge < -0.3 is 4.90 Å². The van der Waals surface area contributed by atoms with E-state index in [0.29, 0.717) is 5.75 Å². The molecule has 1 rings (SSSR count). The minimum atomic E-state index is -2.78. The summed E-state index contributed by atoms with van der Waals surface area (Å²) >= 11 is 0. The fourth-order valence-electron chi connectivity index (χ4n) is 1.82. The highest BCUT2D eigenvalue weighted by molar-refractivity contribution is 7.92. The molecule has 0 unspecified atom stereocenters. The molecule has 1 saturated heterocycles. The van der Waals surface area contributed by atoms with Gasteiger partial charge in [-0.15, -0.1) is 0 Å². The second-order valence-corrected chi connectivity index (χ2v) is 6.15. The van der Waals surface area contributed by atoms with Crippen LogP contribution in [0.2, 0.25) is 0 Å². The normalized spacial score (nSPS) is 22.0. The molecule has 0 aromatic heterocycles. The van der Waals surface area contributed by atoms with Gasteiger partial charge in [-0.25, -0.2) is 8.42 Å². The monoisotopic (exact) mass is 205 g/mol. The third kappa shape index (κ3) is 2.68. The number of likely N-dealkylation sites (tertiary alicyclic amines) is 1. The lowest BCUT2D eigenvalue weighted by Crippen LogP contribution is -2.39. The van der Waals surface area contributed by atoms with E-state index in [0.717, 1.165) is 32.5 Å². The lowest BCUT2D eigenvalue weighted by Gasteiger charge is -2.30. The van der Waals surface area contributed by atoms with Crippen LogP contribution in [0.1, 0.15) is 26.7 Å². The number of piperidine rings is 1. The Hall–Kier alpha value is -0.0900. The standard InChI is InChI=1S/C9H19NO2S/c1-3-10-7-5-9(6-8-10)13(11,12)4-2/h9H,3-8H2,1-2H3. The van der Waals surface area contributed by atoms with Gasteiger partial charge in [0.15, 0.2) is 9.84 Å². The molecular formula is C9H19NO2S. The SMILES string of the molecule is CCN1CCC(S(=O)(=O)CC)CC1. The molecule has 78 valence electrons. The van der Waals surface area contributed by atoms with Crippen molar-refractivity contribution in [3.05, 3.63) is 0 Å². The van der Waals surface area contributed by atoms with Crippen molar-refractivity contribution in [1.82, 2.24) is 4.90 Å². The Morgan fingerprint density at radius 3 is 2.15 bits per heavy atom. The Bertz CT molecular complexity index is 240. The molecular weight excluding hydrogens is 186 g/mol. The quantitative estimate of drug-likeness (QED) is 0.687. The second-order valence-electron chi connectivity index (χ2n) is 3.59. The molecule has 0 N–H and O–H groups in total. The van der Waals surface area contributed by atoms with Crippen LogP contribution in [-0.4, -0.2) is 44.0 Å². The van der Waals surface area contributed by atoms with Crippen LogP contribution in [-0.2, 0) is 9.84 Å². The summed E-state index contributed by atoms with van der Waals surface area (Å²) in [7, 11) is -2.78. The van der Waals surface area contributed by atoms with Crippen LogP contribution in [0.5, 0.6) is 0 Å². The van der Waals surface area contributed by atoms with E-state index in [4.69, 9.17) is 0 Å². The lowest BCUT2D eigenvalue weighted by atomic mass is 10.1.